The molecule has 0 aromatic rings. The van der Waals surface area contributed by atoms with Crippen molar-refractivity contribution in [3.63, 3.8) is 0 Å². The summed E-state index contributed by atoms with van der Waals surface area (Å²) in [6.07, 6.45) is 7.99. The fraction of sp³-hybridized carbons (Fsp3) is 0.900. The van der Waals surface area contributed by atoms with Gasteiger partial charge in [-0.1, -0.05) is 19.3 Å². The number of aliphatic carboxylic acids is 1. The molecular formula is C10H18O2S. The molecule has 0 amide bonds. The molecule has 76 valence electrons. The Morgan fingerprint density at radius 1 is 1.31 bits per heavy atom. The molecule has 0 bridgehead atoms. The quantitative estimate of drug-likeness (QED) is 0.696. The molecule has 1 rings (SSSR count). The average molecular weight is 202 g/mol. The molecule has 1 aliphatic rings. The van der Waals surface area contributed by atoms with E-state index in [1.54, 1.807) is 0 Å². The molecule has 1 N–H and O–H groups in total. The maximum Gasteiger partial charge on any atom is 0.303 e. The lowest BCUT2D eigenvalue weighted by Gasteiger charge is -2.20. The minimum Gasteiger partial charge on any atom is -0.481 e. The average Bonchev–Trinajstić information content (AvgIpc) is 2.14. The molecule has 0 saturated heterocycles. The number of thioether (sulfide) groups is 1. The first-order valence-electron chi connectivity index (χ1n) is 5.12. The first kappa shape index (κ1) is 10.9. The van der Waals surface area contributed by atoms with Gasteiger partial charge >= 0.3 is 5.97 Å². The van der Waals surface area contributed by atoms with Crippen LogP contribution in [0.2, 0.25) is 0 Å². The summed E-state index contributed by atoms with van der Waals surface area (Å²) in [5.74, 6) is 0.362. The van der Waals surface area contributed by atoms with Crippen molar-refractivity contribution in [2.24, 2.45) is 0 Å². The fourth-order valence-electron chi connectivity index (χ4n) is 1.71. The SMILES string of the molecule is O=C(O)CCCSC1CCCCC1. The Kier molecular flexibility index (Phi) is 5.28. The standard InChI is InChI=1S/C10H18O2S/c11-10(12)7-4-8-13-9-5-2-1-3-6-9/h9H,1-8H2,(H,11,12). The Labute approximate surface area is 84.1 Å². The highest BCUT2D eigenvalue weighted by Gasteiger charge is 2.13. The minimum atomic E-state index is -0.663. The molecule has 0 heterocycles. The number of carbonyl (C=O) groups is 1. The van der Waals surface area contributed by atoms with E-state index in [1.165, 1.54) is 32.1 Å². The zero-order valence-corrected chi connectivity index (χ0v) is 8.81. The van der Waals surface area contributed by atoms with Crippen LogP contribution in [0.1, 0.15) is 44.9 Å². The van der Waals surface area contributed by atoms with Crippen molar-refractivity contribution < 1.29 is 9.90 Å². The normalized spacial score (nSPS) is 18.8. The van der Waals surface area contributed by atoms with Crippen LogP contribution in [-0.4, -0.2) is 22.1 Å². The van der Waals surface area contributed by atoms with E-state index >= 15 is 0 Å². The number of rotatable bonds is 5. The second kappa shape index (κ2) is 6.30. The predicted octanol–water partition coefficient (Wildman–Crippen LogP) is 2.92. The molecule has 0 atom stereocenters. The Balaban J connectivity index is 1.95. The summed E-state index contributed by atoms with van der Waals surface area (Å²) in [7, 11) is 0. The van der Waals surface area contributed by atoms with Crippen LogP contribution in [0.15, 0.2) is 0 Å². The van der Waals surface area contributed by atoms with Crippen LogP contribution in [0, 0.1) is 0 Å². The number of hydrogen-bond acceptors (Lipinski definition) is 2. The van der Waals surface area contributed by atoms with Crippen molar-refractivity contribution in [2.75, 3.05) is 5.75 Å². The molecule has 0 radical (unpaired) electrons. The highest BCUT2D eigenvalue weighted by molar-refractivity contribution is 7.99. The molecule has 1 saturated carbocycles. The van der Waals surface area contributed by atoms with Gasteiger partial charge in [0.05, 0.1) is 0 Å². The van der Waals surface area contributed by atoms with Gasteiger partial charge in [0.1, 0.15) is 0 Å². The van der Waals surface area contributed by atoms with Crippen LogP contribution in [0.25, 0.3) is 0 Å². The van der Waals surface area contributed by atoms with Crippen LogP contribution in [0.4, 0.5) is 0 Å². The molecule has 0 spiro atoms. The molecule has 1 aliphatic carbocycles. The van der Waals surface area contributed by atoms with E-state index < -0.39 is 5.97 Å². The van der Waals surface area contributed by atoms with Gasteiger partial charge < -0.3 is 5.11 Å². The highest BCUT2D eigenvalue weighted by atomic mass is 32.2. The number of hydrogen-bond donors (Lipinski definition) is 1. The smallest absolute Gasteiger partial charge is 0.303 e. The van der Waals surface area contributed by atoms with Gasteiger partial charge in [-0.05, 0) is 25.0 Å². The lowest BCUT2D eigenvalue weighted by Crippen LogP contribution is -2.09. The third-order valence-electron chi connectivity index (χ3n) is 2.44. The van der Waals surface area contributed by atoms with Crippen LogP contribution in [0.5, 0.6) is 0 Å². The summed E-state index contributed by atoms with van der Waals surface area (Å²) in [6, 6.07) is 0. The molecule has 1 fully saturated rings. The molecule has 0 unspecified atom stereocenters. The molecular weight excluding hydrogens is 184 g/mol. The number of carboxylic acids is 1. The van der Waals surface area contributed by atoms with Crippen LogP contribution >= 0.6 is 11.8 Å². The molecule has 13 heavy (non-hydrogen) atoms. The van der Waals surface area contributed by atoms with E-state index in [2.05, 4.69) is 0 Å². The summed E-state index contributed by atoms with van der Waals surface area (Å²) in [6.45, 7) is 0. The lowest BCUT2D eigenvalue weighted by atomic mass is 10.0. The fourth-order valence-corrected chi connectivity index (χ4v) is 3.02. The molecule has 3 heteroatoms. The first-order valence-corrected chi connectivity index (χ1v) is 6.17. The van der Waals surface area contributed by atoms with E-state index in [4.69, 9.17) is 5.11 Å². The van der Waals surface area contributed by atoms with Gasteiger partial charge in [-0.3, -0.25) is 4.79 Å². The van der Waals surface area contributed by atoms with Crippen molar-refractivity contribution in [2.45, 2.75) is 50.2 Å². The maximum atomic E-state index is 10.2. The van der Waals surface area contributed by atoms with Gasteiger partial charge in [0, 0.05) is 11.7 Å². The van der Waals surface area contributed by atoms with Crippen molar-refractivity contribution in [3.8, 4) is 0 Å². The van der Waals surface area contributed by atoms with Gasteiger partial charge in [-0.25, -0.2) is 0 Å². The molecule has 0 aromatic heterocycles. The molecule has 0 aromatic carbocycles. The largest absolute Gasteiger partial charge is 0.481 e. The van der Waals surface area contributed by atoms with E-state index in [0.29, 0.717) is 6.42 Å². The zero-order valence-electron chi connectivity index (χ0n) is 8.00. The summed E-state index contributed by atoms with van der Waals surface area (Å²) in [5.41, 5.74) is 0. The van der Waals surface area contributed by atoms with Gasteiger partial charge in [-0.2, -0.15) is 11.8 Å². The Hall–Kier alpha value is -0.180. The van der Waals surface area contributed by atoms with Gasteiger partial charge in [0.2, 0.25) is 0 Å². The Bertz CT molecular complexity index is 153. The van der Waals surface area contributed by atoms with Gasteiger partial charge in [0.15, 0.2) is 0 Å². The monoisotopic (exact) mass is 202 g/mol. The van der Waals surface area contributed by atoms with E-state index in [9.17, 15) is 4.79 Å². The maximum absolute atomic E-state index is 10.2. The van der Waals surface area contributed by atoms with Crippen LogP contribution in [-0.2, 0) is 4.79 Å². The zero-order chi connectivity index (χ0) is 9.52. The summed E-state index contributed by atoms with van der Waals surface area (Å²) in [4.78, 5) is 10.2. The summed E-state index contributed by atoms with van der Waals surface area (Å²) < 4.78 is 0. The van der Waals surface area contributed by atoms with E-state index in [-0.39, 0.29) is 0 Å². The second-order valence-corrected chi connectivity index (χ2v) is 5.04. The first-order chi connectivity index (χ1) is 6.29. The van der Waals surface area contributed by atoms with Gasteiger partial charge in [-0.15, -0.1) is 0 Å². The van der Waals surface area contributed by atoms with Crippen molar-refractivity contribution in [1.82, 2.24) is 0 Å². The Morgan fingerprint density at radius 2 is 2.00 bits per heavy atom. The summed E-state index contributed by atoms with van der Waals surface area (Å²) >= 11 is 1.98. The third-order valence-corrected chi connectivity index (χ3v) is 3.91. The van der Waals surface area contributed by atoms with E-state index in [1.807, 2.05) is 11.8 Å². The van der Waals surface area contributed by atoms with Crippen LogP contribution < -0.4 is 0 Å². The molecule has 0 aliphatic heterocycles. The highest BCUT2D eigenvalue weighted by Crippen LogP contribution is 2.28. The van der Waals surface area contributed by atoms with Crippen molar-refractivity contribution in [1.29, 1.82) is 0 Å². The second-order valence-electron chi connectivity index (χ2n) is 3.63. The van der Waals surface area contributed by atoms with Gasteiger partial charge in [0.25, 0.3) is 0 Å². The Morgan fingerprint density at radius 3 is 2.62 bits per heavy atom. The van der Waals surface area contributed by atoms with Crippen LogP contribution in [0.3, 0.4) is 0 Å². The molecule has 2 nitrogen and oxygen atoms in total. The van der Waals surface area contributed by atoms with Crippen molar-refractivity contribution in [3.05, 3.63) is 0 Å². The lowest BCUT2D eigenvalue weighted by molar-refractivity contribution is -0.137. The summed E-state index contributed by atoms with van der Waals surface area (Å²) in [5, 5.41) is 9.26. The predicted molar refractivity (Wildman–Crippen MR) is 56.2 cm³/mol. The topological polar surface area (TPSA) is 37.3 Å². The van der Waals surface area contributed by atoms with Crippen molar-refractivity contribution >= 4 is 17.7 Å². The minimum absolute atomic E-state index is 0.333. The van der Waals surface area contributed by atoms with E-state index in [0.717, 1.165) is 17.4 Å². The number of carboxylic acid groups (broad SMARTS) is 1. The third kappa shape index (κ3) is 5.19.